The van der Waals surface area contributed by atoms with Gasteiger partial charge in [-0.25, -0.2) is 4.39 Å². The van der Waals surface area contributed by atoms with Crippen LogP contribution in [0.2, 0.25) is 0 Å². The summed E-state index contributed by atoms with van der Waals surface area (Å²) < 4.78 is 18.5. The molecule has 1 amide bonds. The summed E-state index contributed by atoms with van der Waals surface area (Å²) in [5.41, 5.74) is 2.66. The van der Waals surface area contributed by atoms with Gasteiger partial charge in [-0.2, -0.15) is 0 Å². The lowest BCUT2D eigenvalue weighted by atomic mass is 10.1. The minimum Gasteiger partial charge on any atom is -0.361 e. The van der Waals surface area contributed by atoms with Gasteiger partial charge in [-0.15, -0.1) is 0 Å². The second kappa shape index (κ2) is 11.1. The molecule has 0 aliphatic heterocycles. The largest absolute Gasteiger partial charge is 0.361 e. The summed E-state index contributed by atoms with van der Waals surface area (Å²) in [4.78, 5) is 16.1. The zero-order valence-corrected chi connectivity index (χ0v) is 16.6. The first-order valence-electron chi connectivity index (χ1n) is 9.49. The fraction of sp³-hybridized carbons (Fsp3) is 0.450. The van der Waals surface area contributed by atoms with Gasteiger partial charge < -0.3 is 20.5 Å². The second-order valence-corrected chi connectivity index (χ2v) is 6.25. The molecule has 0 unspecified atom stereocenters. The van der Waals surface area contributed by atoms with Crippen LogP contribution >= 0.6 is 0 Å². The van der Waals surface area contributed by atoms with Crippen molar-refractivity contribution in [2.24, 2.45) is 4.99 Å². The summed E-state index contributed by atoms with van der Waals surface area (Å²) >= 11 is 0. The summed E-state index contributed by atoms with van der Waals surface area (Å²) in [5.74, 6) is 1.02. The quantitative estimate of drug-likeness (QED) is 0.346. The molecule has 0 saturated carbocycles. The molecule has 1 aromatic carbocycles. The zero-order chi connectivity index (χ0) is 20.4. The van der Waals surface area contributed by atoms with Gasteiger partial charge in [0.05, 0.1) is 12.1 Å². The molecule has 0 aliphatic carbocycles. The Balaban J connectivity index is 1.72. The standard InChI is InChI=1S/C20H28FN5O2/c1-4-17-16(18(5-2)28-26-17)13-25-20(22-3)24-10-9-23-19(27)12-14-7-6-8-15(21)11-14/h6-8,11H,4-5,9-10,12-13H2,1-3H3,(H,23,27)(H2,22,24,25). The van der Waals surface area contributed by atoms with E-state index in [2.05, 4.69) is 26.1 Å². The van der Waals surface area contributed by atoms with Gasteiger partial charge in [0.25, 0.3) is 0 Å². The van der Waals surface area contributed by atoms with Crippen LogP contribution in [0, 0.1) is 5.82 Å². The van der Waals surface area contributed by atoms with Gasteiger partial charge in [-0.05, 0) is 24.1 Å². The van der Waals surface area contributed by atoms with Crippen LogP contribution < -0.4 is 16.0 Å². The number of rotatable bonds is 9. The fourth-order valence-corrected chi connectivity index (χ4v) is 2.81. The maximum atomic E-state index is 13.2. The number of hydrogen-bond donors (Lipinski definition) is 3. The molecule has 1 heterocycles. The molecule has 0 radical (unpaired) electrons. The Morgan fingerprint density at radius 3 is 2.64 bits per heavy atom. The molecule has 0 fully saturated rings. The van der Waals surface area contributed by atoms with Crippen LogP contribution in [0.5, 0.6) is 0 Å². The van der Waals surface area contributed by atoms with Gasteiger partial charge in [-0.3, -0.25) is 9.79 Å². The SMILES string of the molecule is CCc1noc(CC)c1CNC(=NC)NCCNC(=O)Cc1cccc(F)c1. The lowest BCUT2D eigenvalue weighted by Crippen LogP contribution is -2.41. The van der Waals surface area contributed by atoms with E-state index in [1.165, 1.54) is 12.1 Å². The normalized spacial score (nSPS) is 11.4. The Kier molecular flexibility index (Phi) is 8.45. The zero-order valence-electron chi connectivity index (χ0n) is 16.6. The van der Waals surface area contributed by atoms with Crippen molar-refractivity contribution in [2.45, 2.75) is 39.7 Å². The Hall–Kier alpha value is -2.90. The number of hydrogen-bond acceptors (Lipinski definition) is 4. The Bertz CT molecular complexity index is 782. The van der Waals surface area contributed by atoms with Crippen LogP contribution in [0.4, 0.5) is 4.39 Å². The number of carbonyl (C=O) groups excluding carboxylic acids is 1. The van der Waals surface area contributed by atoms with Gasteiger partial charge in [0.1, 0.15) is 11.6 Å². The van der Waals surface area contributed by atoms with Gasteiger partial charge >= 0.3 is 0 Å². The van der Waals surface area contributed by atoms with Crippen molar-refractivity contribution in [3.63, 3.8) is 0 Å². The highest BCUT2D eigenvalue weighted by atomic mass is 19.1. The van der Waals surface area contributed by atoms with Crippen molar-refractivity contribution in [1.29, 1.82) is 0 Å². The summed E-state index contributed by atoms with van der Waals surface area (Å²) in [6.07, 6.45) is 1.75. The van der Waals surface area contributed by atoms with E-state index in [0.717, 1.165) is 29.9 Å². The lowest BCUT2D eigenvalue weighted by Gasteiger charge is -2.12. The smallest absolute Gasteiger partial charge is 0.224 e. The topological polar surface area (TPSA) is 91.6 Å². The lowest BCUT2D eigenvalue weighted by molar-refractivity contribution is -0.120. The molecule has 0 atom stereocenters. The maximum absolute atomic E-state index is 13.2. The van der Waals surface area contributed by atoms with Crippen molar-refractivity contribution in [3.8, 4) is 0 Å². The van der Waals surface area contributed by atoms with Crippen molar-refractivity contribution < 1.29 is 13.7 Å². The average Bonchev–Trinajstić information content (AvgIpc) is 3.09. The Labute approximate surface area is 164 Å². The average molecular weight is 389 g/mol. The number of guanidine groups is 1. The highest BCUT2D eigenvalue weighted by molar-refractivity contribution is 5.80. The predicted molar refractivity (Wildman–Crippen MR) is 107 cm³/mol. The fourth-order valence-electron chi connectivity index (χ4n) is 2.81. The highest BCUT2D eigenvalue weighted by Gasteiger charge is 2.13. The van der Waals surface area contributed by atoms with Gasteiger partial charge in [0.15, 0.2) is 5.96 Å². The number of aromatic nitrogens is 1. The number of nitrogens with one attached hydrogen (secondary N) is 3. The monoisotopic (exact) mass is 389 g/mol. The van der Waals surface area contributed by atoms with Crippen LogP contribution in [0.25, 0.3) is 0 Å². The number of aliphatic imine (C=N–C) groups is 1. The minimum absolute atomic E-state index is 0.151. The number of nitrogens with zero attached hydrogens (tertiary/aromatic N) is 2. The molecule has 2 aromatic rings. The molecule has 152 valence electrons. The highest BCUT2D eigenvalue weighted by Crippen LogP contribution is 2.15. The van der Waals surface area contributed by atoms with Crippen LogP contribution in [-0.4, -0.2) is 37.2 Å². The molecule has 0 aliphatic rings. The van der Waals surface area contributed by atoms with Gasteiger partial charge in [0.2, 0.25) is 5.91 Å². The van der Waals surface area contributed by atoms with Crippen molar-refractivity contribution in [1.82, 2.24) is 21.1 Å². The molecule has 0 saturated heterocycles. The van der Waals surface area contributed by atoms with E-state index in [4.69, 9.17) is 4.52 Å². The van der Waals surface area contributed by atoms with E-state index in [0.29, 0.717) is 31.2 Å². The van der Waals surface area contributed by atoms with Crippen LogP contribution in [0.15, 0.2) is 33.8 Å². The molecular formula is C20H28FN5O2. The first-order valence-corrected chi connectivity index (χ1v) is 9.49. The third kappa shape index (κ3) is 6.37. The molecule has 8 heteroatoms. The van der Waals surface area contributed by atoms with Crippen molar-refractivity contribution in [3.05, 3.63) is 52.7 Å². The summed E-state index contributed by atoms with van der Waals surface area (Å²) in [6, 6.07) is 6.05. The number of benzene rings is 1. The Morgan fingerprint density at radius 1 is 1.18 bits per heavy atom. The van der Waals surface area contributed by atoms with Crippen LogP contribution in [0.1, 0.15) is 36.4 Å². The summed E-state index contributed by atoms with van der Waals surface area (Å²) in [6.45, 7) is 5.59. The number of halogens is 1. The van der Waals surface area contributed by atoms with E-state index in [1.54, 1.807) is 19.2 Å². The third-order valence-electron chi connectivity index (χ3n) is 4.26. The van der Waals surface area contributed by atoms with Gasteiger partial charge in [-0.1, -0.05) is 31.1 Å². The Morgan fingerprint density at radius 2 is 1.96 bits per heavy atom. The van der Waals surface area contributed by atoms with E-state index >= 15 is 0 Å². The maximum Gasteiger partial charge on any atom is 0.224 e. The van der Waals surface area contributed by atoms with Crippen molar-refractivity contribution >= 4 is 11.9 Å². The molecule has 7 nitrogen and oxygen atoms in total. The summed E-state index contributed by atoms with van der Waals surface area (Å²) in [5, 5.41) is 13.3. The van der Waals surface area contributed by atoms with Crippen molar-refractivity contribution in [2.75, 3.05) is 20.1 Å². The molecule has 3 N–H and O–H groups in total. The third-order valence-corrected chi connectivity index (χ3v) is 4.26. The van der Waals surface area contributed by atoms with E-state index in [1.807, 2.05) is 13.8 Å². The first kappa shape index (κ1) is 21.4. The first-order chi connectivity index (χ1) is 13.6. The predicted octanol–water partition coefficient (Wildman–Crippen LogP) is 1.96. The molecule has 0 bridgehead atoms. The molecular weight excluding hydrogens is 361 g/mol. The minimum atomic E-state index is -0.341. The molecule has 2 rings (SSSR count). The van der Waals surface area contributed by atoms with E-state index in [9.17, 15) is 9.18 Å². The van der Waals surface area contributed by atoms with Gasteiger partial charge in [0, 0.05) is 38.7 Å². The van der Waals surface area contributed by atoms with E-state index in [-0.39, 0.29) is 18.1 Å². The van der Waals surface area contributed by atoms with E-state index < -0.39 is 0 Å². The molecule has 1 aromatic heterocycles. The number of carbonyl (C=O) groups is 1. The van der Waals surface area contributed by atoms with Crippen LogP contribution in [0.3, 0.4) is 0 Å². The summed E-state index contributed by atoms with van der Waals surface area (Å²) in [7, 11) is 1.69. The molecule has 0 spiro atoms. The number of aryl methyl sites for hydroxylation is 2. The molecule has 28 heavy (non-hydrogen) atoms. The second-order valence-electron chi connectivity index (χ2n) is 6.25. The van der Waals surface area contributed by atoms with Crippen LogP contribution in [-0.2, 0) is 30.6 Å². The number of amides is 1.